The largest absolute Gasteiger partial charge is 0.457 e. The zero-order valence-corrected chi connectivity index (χ0v) is 12.6. The Kier molecular flexibility index (Phi) is 5.22. The second kappa shape index (κ2) is 7.33. The smallest absolute Gasteiger partial charge is 0.350 e. The number of esters is 1. The van der Waals surface area contributed by atoms with Gasteiger partial charge in [0.2, 0.25) is 5.91 Å². The summed E-state index contributed by atoms with van der Waals surface area (Å²) < 4.78 is 5.23. The number of benzene rings is 1. The highest BCUT2D eigenvalue weighted by molar-refractivity contribution is 7.17. The van der Waals surface area contributed by atoms with Crippen molar-refractivity contribution in [1.82, 2.24) is 4.98 Å². The quantitative estimate of drug-likeness (QED) is 0.856. The summed E-state index contributed by atoms with van der Waals surface area (Å²) in [6.07, 6.45) is -0.258. The molecule has 22 heavy (non-hydrogen) atoms. The summed E-state index contributed by atoms with van der Waals surface area (Å²) in [5.41, 5.74) is 1.37. The Morgan fingerprint density at radius 2 is 2.09 bits per heavy atom. The lowest BCUT2D eigenvalue weighted by Gasteiger charge is -2.03. The van der Waals surface area contributed by atoms with Gasteiger partial charge in [-0.15, -0.1) is 0 Å². The lowest BCUT2D eigenvalue weighted by Crippen LogP contribution is -2.09. The van der Waals surface area contributed by atoms with Crippen molar-refractivity contribution >= 4 is 28.3 Å². The van der Waals surface area contributed by atoms with Gasteiger partial charge < -0.3 is 10.1 Å². The van der Waals surface area contributed by atoms with Crippen molar-refractivity contribution in [3.05, 3.63) is 46.5 Å². The molecule has 1 heterocycles. The molecule has 2 aromatic rings. The third-order valence-corrected chi connectivity index (χ3v) is 3.73. The minimum absolute atomic E-state index is 0.174. The predicted octanol–water partition coefficient (Wildman–Crippen LogP) is 2.66. The standard InChI is InChI=1S/C15H13N3O3S/c1-10-13(22-15(17-10)18-12(19)7-8-16)14(20)21-9-11-5-3-2-4-6-11/h2-6H,7,9H2,1H3,(H,17,18,19). The van der Waals surface area contributed by atoms with Gasteiger partial charge in [-0.2, -0.15) is 5.26 Å². The van der Waals surface area contributed by atoms with Crippen molar-refractivity contribution in [1.29, 1.82) is 5.26 Å². The van der Waals surface area contributed by atoms with Crippen LogP contribution in [0.2, 0.25) is 0 Å². The zero-order valence-electron chi connectivity index (χ0n) is 11.8. The van der Waals surface area contributed by atoms with Gasteiger partial charge in [0, 0.05) is 0 Å². The van der Waals surface area contributed by atoms with Crippen LogP contribution in [0.1, 0.15) is 27.3 Å². The van der Waals surface area contributed by atoms with Crippen LogP contribution in [0.15, 0.2) is 30.3 Å². The van der Waals surface area contributed by atoms with E-state index in [-0.39, 0.29) is 18.2 Å². The summed E-state index contributed by atoms with van der Waals surface area (Å²) in [5, 5.41) is 11.2. The van der Waals surface area contributed by atoms with E-state index in [1.54, 1.807) is 13.0 Å². The molecule has 1 N–H and O–H groups in total. The third-order valence-electron chi connectivity index (χ3n) is 2.68. The molecule has 6 nitrogen and oxygen atoms in total. The van der Waals surface area contributed by atoms with Crippen LogP contribution < -0.4 is 5.32 Å². The number of carbonyl (C=O) groups excluding carboxylic acids is 2. The molecule has 2 rings (SSSR count). The topological polar surface area (TPSA) is 92.1 Å². The van der Waals surface area contributed by atoms with Gasteiger partial charge in [0.15, 0.2) is 5.13 Å². The summed E-state index contributed by atoms with van der Waals surface area (Å²) in [5.74, 6) is -0.944. The van der Waals surface area contributed by atoms with Crippen molar-refractivity contribution in [2.75, 3.05) is 5.32 Å². The van der Waals surface area contributed by atoms with E-state index < -0.39 is 11.9 Å². The molecule has 1 aromatic carbocycles. The summed E-state index contributed by atoms with van der Waals surface area (Å²) in [6.45, 7) is 1.84. The highest BCUT2D eigenvalue weighted by Crippen LogP contribution is 2.23. The molecule has 0 saturated carbocycles. The number of aromatic nitrogens is 1. The van der Waals surface area contributed by atoms with Gasteiger partial charge >= 0.3 is 5.97 Å². The van der Waals surface area contributed by atoms with Gasteiger partial charge in [-0.3, -0.25) is 4.79 Å². The first-order valence-electron chi connectivity index (χ1n) is 6.45. The Balaban J connectivity index is 1.99. The molecule has 0 saturated heterocycles. The fraction of sp³-hybridized carbons (Fsp3) is 0.200. The third kappa shape index (κ3) is 4.14. The summed E-state index contributed by atoms with van der Waals surface area (Å²) in [7, 11) is 0. The average Bonchev–Trinajstić information content (AvgIpc) is 2.86. The lowest BCUT2D eigenvalue weighted by molar-refractivity contribution is -0.115. The molecule has 1 aromatic heterocycles. The van der Waals surface area contributed by atoms with E-state index in [9.17, 15) is 9.59 Å². The summed E-state index contributed by atoms with van der Waals surface area (Å²) >= 11 is 1.03. The van der Waals surface area contributed by atoms with E-state index >= 15 is 0 Å². The highest BCUT2D eigenvalue weighted by atomic mass is 32.1. The van der Waals surface area contributed by atoms with Gasteiger partial charge in [-0.1, -0.05) is 41.7 Å². The molecule has 0 aliphatic heterocycles. The van der Waals surface area contributed by atoms with Crippen LogP contribution in [0.4, 0.5) is 5.13 Å². The SMILES string of the molecule is Cc1nc(NC(=O)CC#N)sc1C(=O)OCc1ccccc1. The molecule has 0 fully saturated rings. The number of hydrogen-bond acceptors (Lipinski definition) is 6. The molecule has 0 bridgehead atoms. The second-order valence-corrected chi connectivity index (χ2v) is 5.38. The van der Waals surface area contributed by atoms with Crippen LogP contribution in [0.25, 0.3) is 0 Å². The Morgan fingerprint density at radius 3 is 2.77 bits per heavy atom. The number of aryl methyl sites for hydroxylation is 1. The fourth-order valence-corrected chi connectivity index (χ4v) is 2.54. The first-order chi connectivity index (χ1) is 10.6. The van der Waals surface area contributed by atoms with Gasteiger partial charge in [0.05, 0.1) is 11.8 Å². The molecular formula is C15H13N3O3S. The van der Waals surface area contributed by atoms with Crippen molar-refractivity contribution in [2.24, 2.45) is 0 Å². The fourth-order valence-electron chi connectivity index (χ4n) is 1.66. The minimum Gasteiger partial charge on any atom is -0.457 e. The normalized spacial score (nSPS) is 9.82. The lowest BCUT2D eigenvalue weighted by atomic mass is 10.2. The minimum atomic E-state index is -0.486. The molecule has 1 amide bonds. The first-order valence-corrected chi connectivity index (χ1v) is 7.27. The Bertz CT molecular complexity index is 719. The van der Waals surface area contributed by atoms with Crippen LogP contribution >= 0.6 is 11.3 Å². The number of ether oxygens (including phenoxy) is 1. The van der Waals surface area contributed by atoms with E-state index in [4.69, 9.17) is 10.00 Å². The van der Waals surface area contributed by atoms with Crippen LogP contribution in [-0.4, -0.2) is 16.9 Å². The predicted molar refractivity (Wildman–Crippen MR) is 81.3 cm³/mol. The molecule has 0 aliphatic carbocycles. The molecule has 0 spiro atoms. The molecule has 0 atom stereocenters. The number of rotatable bonds is 5. The van der Waals surface area contributed by atoms with Crippen molar-refractivity contribution in [2.45, 2.75) is 20.0 Å². The van der Waals surface area contributed by atoms with E-state index in [1.807, 2.05) is 30.3 Å². The van der Waals surface area contributed by atoms with Gasteiger partial charge in [0.1, 0.15) is 17.9 Å². The first kappa shape index (κ1) is 15.7. The van der Waals surface area contributed by atoms with E-state index in [1.165, 1.54) is 0 Å². The Labute approximate surface area is 131 Å². The summed E-state index contributed by atoms with van der Waals surface area (Å²) in [4.78, 5) is 27.8. The Morgan fingerprint density at radius 1 is 1.36 bits per heavy atom. The summed E-state index contributed by atoms with van der Waals surface area (Å²) in [6, 6.07) is 11.1. The maximum absolute atomic E-state index is 12.0. The number of amides is 1. The number of nitrogens with one attached hydrogen (secondary N) is 1. The number of hydrogen-bond donors (Lipinski definition) is 1. The molecule has 0 aliphatic rings. The van der Waals surface area contributed by atoms with E-state index in [0.717, 1.165) is 16.9 Å². The highest BCUT2D eigenvalue weighted by Gasteiger charge is 2.17. The van der Waals surface area contributed by atoms with Crippen LogP contribution in [0.3, 0.4) is 0 Å². The maximum Gasteiger partial charge on any atom is 0.350 e. The number of anilines is 1. The van der Waals surface area contributed by atoms with Gasteiger partial charge in [0.25, 0.3) is 0 Å². The van der Waals surface area contributed by atoms with E-state index in [0.29, 0.717) is 10.6 Å². The van der Waals surface area contributed by atoms with Crippen LogP contribution in [0, 0.1) is 18.3 Å². The molecule has 0 unspecified atom stereocenters. The van der Waals surface area contributed by atoms with E-state index in [2.05, 4.69) is 10.3 Å². The van der Waals surface area contributed by atoms with Gasteiger partial charge in [-0.05, 0) is 12.5 Å². The number of nitrogens with zero attached hydrogens (tertiary/aromatic N) is 2. The van der Waals surface area contributed by atoms with Crippen molar-refractivity contribution in [3.63, 3.8) is 0 Å². The molecule has 0 radical (unpaired) electrons. The Hall–Kier alpha value is -2.72. The average molecular weight is 315 g/mol. The monoisotopic (exact) mass is 315 g/mol. The molecule has 7 heteroatoms. The van der Waals surface area contributed by atoms with Crippen LogP contribution in [-0.2, 0) is 16.1 Å². The van der Waals surface area contributed by atoms with Crippen molar-refractivity contribution in [3.8, 4) is 6.07 Å². The molecular weight excluding hydrogens is 302 g/mol. The number of carbonyl (C=O) groups is 2. The second-order valence-electron chi connectivity index (χ2n) is 4.38. The van der Waals surface area contributed by atoms with Crippen molar-refractivity contribution < 1.29 is 14.3 Å². The molecule has 112 valence electrons. The van der Waals surface area contributed by atoms with Gasteiger partial charge in [-0.25, -0.2) is 9.78 Å². The number of thiazole rings is 1. The van der Waals surface area contributed by atoms with Crippen LogP contribution in [0.5, 0.6) is 0 Å². The zero-order chi connectivity index (χ0) is 15.9. The maximum atomic E-state index is 12.0. The number of nitriles is 1.